The molecule has 0 aromatic heterocycles. The fourth-order valence-corrected chi connectivity index (χ4v) is 2.48. The third-order valence-corrected chi connectivity index (χ3v) is 4.48. The molecular formula is C13H18N2O3S. The van der Waals surface area contributed by atoms with Crippen LogP contribution >= 0.6 is 0 Å². The molecule has 1 amide bonds. The minimum atomic E-state index is -3.67. The molecule has 1 aliphatic carbocycles. The molecule has 1 atom stereocenters. The van der Waals surface area contributed by atoms with Gasteiger partial charge in [-0.25, -0.2) is 13.6 Å². The maximum absolute atomic E-state index is 12.0. The molecule has 1 aromatic carbocycles. The zero-order valence-corrected chi connectivity index (χ0v) is 11.9. The molecule has 1 aromatic rings. The average molecular weight is 282 g/mol. The number of nitrogens with zero attached hydrogens (tertiary/aromatic N) is 1. The summed E-state index contributed by atoms with van der Waals surface area (Å²) in [5.41, 5.74) is 0.893. The van der Waals surface area contributed by atoms with E-state index < -0.39 is 10.0 Å². The van der Waals surface area contributed by atoms with Gasteiger partial charge >= 0.3 is 0 Å². The van der Waals surface area contributed by atoms with Crippen molar-refractivity contribution >= 4 is 15.9 Å². The maximum Gasteiger partial charge on any atom is 0.238 e. The van der Waals surface area contributed by atoms with Crippen molar-refractivity contribution in [2.45, 2.75) is 30.7 Å². The van der Waals surface area contributed by atoms with Crippen LogP contribution in [0.4, 0.5) is 0 Å². The quantitative estimate of drug-likeness (QED) is 0.902. The van der Waals surface area contributed by atoms with E-state index in [1.54, 1.807) is 24.1 Å². The van der Waals surface area contributed by atoms with Crippen LogP contribution in [0, 0.1) is 5.92 Å². The van der Waals surface area contributed by atoms with Crippen LogP contribution in [-0.2, 0) is 14.8 Å². The van der Waals surface area contributed by atoms with E-state index in [0.717, 1.165) is 18.4 Å². The number of amides is 1. The first-order valence-corrected chi connectivity index (χ1v) is 7.75. The lowest BCUT2D eigenvalue weighted by molar-refractivity contribution is -0.133. The Kier molecular flexibility index (Phi) is 3.64. The van der Waals surface area contributed by atoms with Crippen molar-refractivity contribution in [2.24, 2.45) is 11.1 Å². The highest BCUT2D eigenvalue weighted by Crippen LogP contribution is 2.33. The molecule has 2 N–H and O–H groups in total. The first-order valence-electron chi connectivity index (χ1n) is 6.20. The van der Waals surface area contributed by atoms with Crippen LogP contribution in [0.5, 0.6) is 0 Å². The number of rotatable bonds is 4. The molecule has 1 saturated carbocycles. The SMILES string of the molecule is C[C@H](c1ccc(S(N)(=O)=O)cc1)N(C)C(=O)C1CC1. The van der Waals surface area contributed by atoms with E-state index in [1.165, 1.54) is 12.1 Å². The monoisotopic (exact) mass is 282 g/mol. The highest BCUT2D eigenvalue weighted by molar-refractivity contribution is 7.89. The Morgan fingerprint density at radius 1 is 1.32 bits per heavy atom. The lowest BCUT2D eigenvalue weighted by Crippen LogP contribution is -2.30. The average Bonchev–Trinajstić information content (AvgIpc) is 3.19. The second-order valence-corrected chi connectivity index (χ2v) is 6.57. The van der Waals surface area contributed by atoms with Gasteiger partial charge in [-0.15, -0.1) is 0 Å². The number of primary sulfonamides is 1. The van der Waals surface area contributed by atoms with Gasteiger partial charge in [0, 0.05) is 13.0 Å². The molecular weight excluding hydrogens is 264 g/mol. The second-order valence-electron chi connectivity index (χ2n) is 5.01. The second kappa shape index (κ2) is 4.94. The van der Waals surface area contributed by atoms with Gasteiger partial charge in [-0.1, -0.05) is 12.1 Å². The highest BCUT2D eigenvalue weighted by Gasteiger charge is 2.33. The molecule has 104 valence electrons. The summed E-state index contributed by atoms with van der Waals surface area (Å²) in [6.07, 6.45) is 1.94. The number of benzene rings is 1. The molecule has 0 spiro atoms. The van der Waals surface area contributed by atoms with Crippen LogP contribution in [0.2, 0.25) is 0 Å². The Hall–Kier alpha value is -1.40. The van der Waals surface area contributed by atoms with Gasteiger partial charge in [0.25, 0.3) is 0 Å². The van der Waals surface area contributed by atoms with Crippen LogP contribution in [0.25, 0.3) is 0 Å². The normalized spacial score (nSPS) is 17.0. The van der Waals surface area contributed by atoms with E-state index in [1.807, 2.05) is 6.92 Å². The van der Waals surface area contributed by atoms with Crippen LogP contribution in [0.15, 0.2) is 29.2 Å². The van der Waals surface area contributed by atoms with E-state index in [-0.39, 0.29) is 22.8 Å². The van der Waals surface area contributed by atoms with E-state index in [9.17, 15) is 13.2 Å². The third-order valence-electron chi connectivity index (χ3n) is 3.55. The van der Waals surface area contributed by atoms with Gasteiger partial charge in [0.2, 0.25) is 15.9 Å². The smallest absolute Gasteiger partial charge is 0.238 e. The zero-order chi connectivity index (χ0) is 14.2. The van der Waals surface area contributed by atoms with Crippen LogP contribution < -0.4 is 5.14 Å². The van der Waals surface area contributed by atoms with Crippen molar-refractivity contribution in [3.63, 3.8) is 0 Å². The number of nitrogens with two attached hydrogens (primary N) is 1. The Balaban J connectivity index is 2.15. The molecule has 0 saturated heterocycles. The van der Waals surface area contributed by atoms with Crippen molar-refractivity contribution in [3.8, 4) is 0 Å². The topological polar surface area (TPSA) is 80.5 Å². The first kappa shape index (κ1) is 14.0. The van der Waals surface area contributed by atoms with Crippen molar-refractivity contribution in [2.75, 3.05) is 7.05 Å². The summed E-state index contributed by atoms with van der Waals surface area (Å²) >= 11 is 0. The van der Waals surface area contributed by atoms with E-state index >= 15 is 0 Å². The molecule has 0 unspecified atom stereocenters. The maximum atomic E-state index is 12.0. The summed E-state index contributed by atoms with van der Waals surface area (Å²) in [6.45, 7) is 1.92. The molecule has 0 aliphatic heterocycles. The lowest BCUT2D eigenvalue weighted by Gasteiger charge is -2.25. The highest BCUT2D eigenvalue weighted by atomic mass is 32.2. The Bertz CT molecular complexity index is 576. The standard InChI is InChI=1S/C13H18N2O3S/c1-9(15(2)13(16)11-3-4-11)10-5-7-12(8-6-10)19(14,17)18/h5-9,11H,3-4H2,1-2H3,(H2,14,17,18)/t9-/m1/s1. The van der Waals surface area contributed by atoms with Crippen LogP contribution in [0.3, 0.4) is 0 Å². The summed E-state index contributed by atoms with van der Waals surface area (Å²) in [5.74, 6) is 0.333. The fraction of sp³-hybridized carbons (Fsp3) is 0.462. The van der Waals surface area contributed by atoms with E-state index in [4.69, 9.17) is 5.14 Å². The molecule has 6 heteroatoms. The van der Waals surface area contributed by atoms with Gasteiger partial charge in [-0.05, 0) is 37.5 Å². The predicted octanol–water partition coefficient (Wildman–Crippen LogP) is 1.26. The first-order chi connectivity index (χ1) is 8.80. The minimum absolute atomic E-state index is 0.0809. The Morgan fingerprint density at radius 3 is 2.26 bits per heavy atom. The predicted molar refractivity (Wildman–Crippen MR) is 71.7 cm³/mol. The zero-order valence-electron chi connectivity index (χ0n) is 11.0. The van der Waals surface area contributed by atoms with Gasteiger partial charge in [-0.3, -0.25) is 4.79 Å². The van der Waals surface area contributed by atoms with Gasteiger partial charge in [0.1, 0.15) is 0 Å². The number of sulfonamides is 1. The summed E-state index contributed by atoms with van der Waals surface area (Å²) in [5, 5.41) is 5.05. The van der Waals surface area contributed by atoms with Crippen molar-refractivity contribution in [1.82, 2.24) is 4.90 Å². The number of carbonyl (C=O) groups excluding carboxylic acids is 1. The molecule has 2 rings (SSSR count). The third kappa shape index (κ3) is 3.13. The Morgan fingerprint density at radius 2 is 1.84 bits per heavy atom. The van der Waals surface area contributed by atoms with Crippen LogP contribution in [-0.4, -0.2) is 26.3 Å². The molecule has 19 heavy (non-hydrogen) atoms. The summed E-state index contributed by atoms with van der Waals surface area (Å²) < 4.78 is 22.3. The summed E-state index contributed by atoms with van der Waals surface area (Å²) in [4.78, 5) is 13.8. The molecule has 1 fully saturated rings. The number of carbonyl (C=O) groups is 1. The van der Waals surface area contributed by atoms with Gasteiger partial charge in [0.05, 0.1) is 10.9 Å². The number of hydrogen-bond donors (Lipinski definition) is 1. The van der Waals surface area contributed by atoms with Crippen molar-refractivity contribution in [1.29, 1.82) is 0 Å². The van der Waals surface area contributed by atoms with Crippen molar-refractivity contribution < 1.29 is 13.2 Å². The van der Waals surface area contributed by atoms with Gasteiger partial charge < -0.3 is 4.90 Å². The minimum Gasteiger partial charge on any atom is -0.339 e. The lowest BCUT2D eigenvalue weighted by atomic mass is 10.1. The molecule has 0 bridgehead atoms. The van der Waals surface area contributed by atoms with E-state index in [2.05, 4.69) is 0 Å². The molecule has 5 nitrogen and oxygen atoms in total. The molecule has 0 heterocycles. The number of hydrogen-bond acceptors (Lipinski definition) is 3. The summed E-state index contributed by atoms with van der Waals surface area (Å²) in [7, 11) is -1.89. The van der Waals surface area contributed by atoms with Gasteiger partial charge in [0.15, 0.2) is 0 Å². The van der Waals surface area contributed by atoms with Gasteiger partial charge in [-0.2, -0.15) is 0 Å². The molecule has 0 radical (unpaired) electrons. The van der Waals surface area contributed by atoms with Crippen LogP contribution in [0.1, 0.15) is 31.4 Å². The largest absolute Gasteiger partial charge is 0.339 e. The molecule has 1 aliphatic rings. The Labute approximate surface area is 113 Å². The van der Waals surface area contributed by atoms with E-state index in [0.29, 0.717) is 0 Å². The van der Waals surface area contributed by atoms with Crippen molar-refractivity contribution in [3.05, 3.63) is 29.8 Å². The summed E-state index contributed by atoms with van der Waals surface area (Å²) in [6, 6.07) is 6.25. The fourth-order valence-electron chi connectivity index (χ4n) is 1.97.